The lowest BCUT2D eigenvalue weighted by Crippen LogP contribution is -2.25. The van der Waals surface area contributed by atoms with Crippen molar-refractivity contribution in [3.63, 3.8) is 0 Å². The number of halogens is 1. The van der Waals surface area contributed by atoms with Crippen LogP contribution < -0.4 is 16.6 Å². The molecule has 0 atom stereocenters. The molecule has 4 rings (SSSR count). The lowest BCUT2D eigenvalue weighted by Gasteiger charge is -2.15. The SMILES string of the molecule is Nc1c2c(cc(=O)n1-c1cc(Cl)ccc1C(=O)c1ccccc1)C(=O)NC2=O. The van der Waals surface area contributed by atoms with E-state index in [1.807, 2.05) is 0 Å². The Morgan fingerprint density at radius 3 is 2.39 bits per heavy atom. The van der Waals surface area contributed by atoms with Crippen LogP contribution in [0, 0.1) is 0 Å². The molecule has 0 radical (unpaired) electrons. The molecule has 1 aliphatic heterocycles. The first kappa shape index (κ1) is 17.7. The van der Waals surface area contributed by atoms with Gasteiger partial charge in [-0.1, -0.05) is 41.9 Å². The first-order chi connectivity index (χ1) is 13.4. The molecule has 0 unspecified atom stereocenters. The van der Waals surface area contributed by atoms with Crippen molar-refractivity contribution in [2.75, 3.05) is 5.73 Å². The van der Waals surface area contributed by atoms with Crippen LogP contribution in [0.5, 0.6) is 0 Å². The van der Waals surface area contributed by atoms with Gasteiger partial charge in [0.15, 0.2) is 5.78 Å². The number of benzene rings is 2. The van der Waals surface area contributed by atoms with Crippen molar-refractivity contribution >= 4 is 35.0 Å². The molecule has 0 saturated heterocycles. The molecular weight excluding hydrogens is 382 g/mol. The summed E-state index contributed by atoms with van der Waals surface area (Å²) in [5.41, 5.74) is 5.92. The van der Waals surface area contributed by atoms with E-state index < -0.39 is 17.4 Å². The number of hydrogen-bond acceptors (Lipinski definition) is 5. The summed E-state index contributed by atoms with van der Waals surface area (Å²) in [4.78, 5) is 49.6. The summed E-state index contributed by atoms with van der Waals surface area (Å²) < 4.78 is 1.01. The van der Waals surface area contributed by atoms with E-state index in [0.717, 1.165) is 10.6 Å². The van der Waals surface area contributed by atoms with Crippen molar-refractivity contribution in [2.24, 2.45) is 0 Å². The number of anilines is 1. The van der Waals surface area contributed by atoms with E-state index in [-0.39, 0.29) is 39.0 Å². The first-order valence-corrected chi connectivity index (χ1v) is 8.57. The normalized spacial score (nSPS) is 12.6. The van der Waals surface area contributed by atoms with Crippen molar-refractivity contribution < 1.29 is 14.4 Å². The van der Waals surface area contributed by atoms with Crippen molar-refractivity contribution in [1.29, 1.82) is 0 Å². The van der Waals surface area contributed by atoms with Crippen molar-refractivity contribution in [3.8, 4) is 5.69 Å². The first-order valence-electron chi connectivity index (χ1n) is 8.19. The molecule has 0 spiro atoms. The van der Waals surface area contributed by atoms with Gasteiger partial charge in [-0.15, -0.1) is 0 Å². The van der Waals surface area contributed by atoms with Crippen molar-refractivity contribution in [1.82, 2.24) is 9.88 Å². The zero-order valence-electron chi connectivity index (χ0n) is 14.2. The minimum absolute atomic E-state index is 0.0956. The van der Waals surface area contributed by atoms with Gasteiger partial charge in [-0.3, -0.25) is 29.1 Å². The summed E-state index contributed by atoms with van der Waals surface area (Å²) in [5.74, 6) is -1.98. The van der Waals surface area contributed by atoms with E-state index in [9.17, 15) is 19.2 Å². The Morgan fingerprint density at radius 1 is 0.964 bits per heavy atom. The minimum Gasteiger partial charge on any atom is -0.384 e. The average molecular weight is 394 g/mol. The van der Waals surface area contributed by atoms with Gasteiger partial charge in [0, 0.05) is 22.2 Å². The second-order valence-corrected chi connectivity index (χ2v) is 6.57. The van der Waals surface area contributed by atoms with Crippen LogP contribution in [0.2, 0.25) is 5.02 Å². The van der Waals surface area contributed by atoms with Gasteiger partial charge in [0.25, 0.3) is 17.4 Å². The summed E-state index contributed by atoms with van der Waals surface area (Å²) in [5, 5.41) is 2.37. The summed E-state index contributed by atoms with van der Waals surface area (Å²) in [7, 11) is 0. The summed E-state index contributed by atoms with van der Waals surface area (Å²) in [6, 6.07) is 13.9. The molecule has 1 aliphatic rings. The fraction of sp³-hybridized carbons (Fsp3) is 0. The van der Waals surface area contributed by atoms with Gasteiger partial charge in [0.05, 0.1) is 16.8 Å². The molecule has 8 heteroatoms. The van der Waals surface area contributed by atoms with E-state index in [0.29, 0.717) is 5.56 Å². The molecule has 2 aromatic carbocycles. The Bertz CT molecular complexity index is 1230. The number of aromatic nitrogens is 1. The number of nitrogens with zero attached hydrogens (tertiary/aromatic N) is 1. The number of fused-ring (bicyclic) bond motifs is 1. The number of carbonyl (C=O) groups is 3. The molecule has 28 heavy (non-hydrogen) atoms. The summed E-state index contributed by atoms with van der Waals surface area (Å²) >= 11 is 6.09. The average Bonchev–Trinajstić information content (AvgIpc) is 2.95. The molecule has 2 amide bonds. The Balaban J connectivity index is 1.99. The van der Waals surface area contributed by atoms with Crippen LogP contribution in [-0.4, -0.2) is 22.2 Å². The van der Waals surface area contributed by atoms with Gasteiger partial charge in [0.1, 0.15) is 5.82 Å². The maximum absolute atomic E-state index is 13.0. The third-order valence-corrected chi connectivity index (χ3v) is 4.67. The molecule has 0 fully saturated rings. The second-order valence-electron chi connectivity index (χ2n) is 6.13. The van der Waals surface area contributed by atoms with Crippen LogP contribution in [0.25, 0.3) is 5.69 Å². The quantitative estimate of drug-likeness (QED) is 0.523. The molecule has 3 N–H and O–H groups in total. The number of amides is 2. The van der Waals surface area contributed by atoms with Gasteiger partial charge in [0.2, 0.25) is 0 Å². The lowest BCUT2D eigenvalue weighted by molar-refractivity contribution is 0.0879. The topological polar surface area (TPSA) is 111 Å². The predicted octanol–water partition coefficient (Wildman–Crippen LogP) is 2.19. The monoisotopic (exact) mass is 393 g/mol. The molecule has 0 aliphatic carbocycles. The third kappa shape index (κ3) is 2.69. The molecule has 1 aromatic heterocycles. The number of nitrogens with two attached hydrogens (primary N) is 1. The molecule has 3 aromatic rings. The predicted molar refractivity (Wildman–Crippen MR) is 103 cm³/mol. The highest BCUT2D eigenvalue weighted by Gasteiger charge is 2.32. The van der Waals surface area contributed by atoms with Crippen LogP contribution in [0.4, 0.5) is 5.82 Å². The highest BCUT2D eigenvalue weighted by molar-refractivity contribution is 6.31. The van der Waals surface area contributed by atoms with E-state index >= 15 is 0 Å². The molecule has 0 saturated carbocycles. The zero-order valence-corrected chi connectivity index (χ0v) is 15.0. The third-order valence-electron chi connectivity index (χ3n) is 4.43. The van der Waals surface area contributed by atoms with Gasteiger partial charge >= 0.3 is 0 Å². The number of carbonyl (C=O) groups excluding carboxylic acids is 3. The Kier molecular flexibility index (Phi) is 4.09. The molecule has 0 bridgehead atoms. The number of ketones is 1. The largest absolute Gasteiger partial charge is 0.384 e. The van der Waals surface area contributed by atoms with Crippen molar-refractivity contribution in [3.05, 3.63) is 92.2 Å². The van der Waals surface area contributed by atoms with Gasteiger partial charge in [-0.25, -0.2) is 0 Å². The summed E-state index contributed by atoms with van der Waals surface area (Å²) in [6.07, 6.45) is 0. The molecular formula is C20H12ClN3O4. The Morgan fingerprint density at radius 2 is 1.68 bits per heavy atom. The molecule has 7 nitrogen and oxygen atoms in total. The zero-order chi connectivity index (χ0) is 20.0. The van der Waals surface area contributed by atoms with E-state index in [4.69, 9.17) is 17.3 Å². The minimum atomic E-state index is -0.704. The van der Waals surface area contributed by atoms with E-state index in [1.54, 1.807) is 30.3 Å². The van der Waals surface area contributed by atoms with Gasteiger partial charge < -0.3 is 5.73 Å². The lowest BCUT2D eigenvalue weighted by atomic mass is 10.0. The summed E-state index contributed by atoms with van der Waals surface area (Å²) in [6.45, 7) is 0. The second kappa shape index (κ2) is 6.47. The fourth-order valence-corrected chi connectivity index (χ4v) is 3.32. The highest BCUT2D eigenvalue weighted by Crippen LogP contribution is 2.27. The van der Waals surface area contributed by atoms with Crippen LogP contribution in [0.15, 0.2) is 59.4 Å². The number of rotatable bonds is 3. The maximum Gasteiger partial charge on any atom is 0.262 e. The smallest absolute Gasteiger partial charge is 0.262 e. The van der Waals surface area contributed by atoms with Crippen LogP contribution in [0.3, 0.4) is 0 Å². The van der Waals surface area contributed by atoms with Crippen molar-refractivity contribution in [2.45, 2.75) is 0 Å². The van der Waals surface area contributed by atoms with E-state index in [2.05, 4.69) is 5.32 Å². The number of imide groups is 1. The Labute approximate surface area is 163 Å². The maximum atomic E-state index is 13.0. The highest BCUT2D eigenvalue weighted by atomic mass is 35.5. The number of pyridine rings is 1. The molecule has 2 heterocycles. The number of nitrogens with one attached hydrogen (secondary N) is 1. The van der Waals surface area contributed by atoms with E-state index in [1.165, 1.54) is 18.2 Å². The van der Waals surface area contributed by atoms with Crippen LogP contribution in [-0.2, 0) is 0 Å². The Hall–Kier alpha value is -3.71. The molecule has 138 valence electrons. The fourth-order valence-electron chi connectivity index (χ4n) is 3.15. The number of nitrogen functional groups attached to an aromatic ring is 1. The standard InChI is InChI=1S/C20H12ClN3O4/c21-11-6-7-12(17(26)10-4-2-1-3-5-10)14(8-11)24-15(25)9-13-16(18(24)22)20(28)23-19(13)27/h1-9H,22H2,(H,23,27,28). The van der Waals surface area contributed by atoms with Gasteiger partial charge in [-0.2, -0.15) is 0 Å². The van der Waals surface area contributed by atoms with Crippen LogP contribution >= 0.6 is 11.6 Å². The van der Waals surface area contributed by atoms with Gasteiger partial charge in [-0.05, 0) is 18.2 Å². The van der Waals surface area contributed by atoms with Crippen LogP contribution in [0.1, 0.15) is 36.6 Å². The number of hydrogen-bond donors (Lipinski definition) is 2.